The van der Waals surface area contributed by atoms with Gasteiger partial charge in [-0.2, -0.15) is 0 Å². The van der Waals surface area contributed by atoms with E-state index < -0.39 is 5.97 Å². The number of likely N-dealkylation sites (N-methyl/N-ethyl adjacent to an activating group) is 1. The summed E-state index contributed by atoms with van der Waals surface area (Å²) in [5, 5.41) is 10.4. The first-order chi connectivity index (χ1) is 17.9. The van der Waals surface area contributed by atoms with Crippen LogP contribution >= 0.6 is 23.4 Å². The standard InChI is InChI=1S/C28H25ClN2O5S/c1-3-31-26(32)25(37-28(31)30-22-7-5-6-20(16-22)27(33)34)15-19-10-13-23(24(14-19)35-4-2)36-17-18-8-11-21(29)12-9-18/h5-16H,3-4,17H2,1-2H3,(H,33,34)/b25-15-,30-28?. The number of halogens is 1. The average molecular weight is 537 g/mol. The largest absolute Gasteiger partial charge is 0.490 e. The molecule has 37 heavy (non-hydrogen) atoms. The van der Waals surface area contributed by atoms with Gasteiger partial charge in [0.2, 0.25) is 0 Å². The first kappa shape index (κ1) is 26.3. The minimum atomic E-state index is -1.03. The van der Waals surface area contributed by atoms with Gasteiger partial charge in [0.15, 0.2) is 16.7 Å². The molecule has 4 rings (SSSR count). The fourth-order valence-electron chi connectivity index (χ4n) is 3.58. The Labute approximate surface area is 224 Å². The maximum Gasteiger partial charge on any atom is 0.335 e. The number of ether oxygens (including phenoxy) is 2. The second-order valence-electron chi connectivity index (χ2n) is 7.96. The normalized spacial score (nSPS) is 15.4. The van der Waals surface area contributed by atoms with Gasteiger partial charge in [-0.3, -0.25) is 9.69 Å². The van der Waals surface area contributed by atoms with Crippen LogP contribution in [-0.4, -0.2) is 40.2 Å². The molecule has 1 aliphatic heterocycles. The lowest BCUT2D eigenvalue weighted by Gasteiger charge is -2.13. The molecule has 3 aromatic rings. The fraction of sp³-hybridized carbons (Fsp3) is 0.179. The topological polar surface area (TPSA) is 88.4 Å². The molecule has 1 amide bonds. The summed E-state index contributed by atoms with van der Waals surface area (Å²) in [4.78, 5) is 31.0. The van der Waals surface area contributed by atoms with E-state index in [2.05, 4.69) is 4.99 Å². The second kappa shape index (κ2) is 12.0. The molecule has 0 atom stereocenters. The highest BCUT2D eigenvalue weighted by molar-refractivity contribution is 8.18. The van der Waals surface area contributed by atoms with Gasteiger partial charge < -0.3 is 14.6 Å². The van der Waals surface area contributed by atoms with Crippen LogP contribution in [0.3, 0.4) is 0 Å². The zero-order chi connectivity index (χ0) is 26.4. The number of benzene rings is 3. The molecular formula is C28H25ClN2O5S. The van der Waals surface area contributed by atoms with E-state index in [1.807, 2.05) is 56.3 Å². The molecule has 1 saturated heterocycles. The van der Waals surface area contributed by atoms with Crippen molar-refractivity contribution < 1.29 is 24.2 Å². The summed E-state index contributed by atoms with van der Waals surface area (Å²) in [6, 6.07) is 19.3. The molecule has 9 heteroatoms. The lowest BCUT2D eigenvalue weighted by Crippen LogP contribution is -2.28. The number of thioether (sulfide) groups is 1. The van der Waals surface area contributed by atoms with Crippen molar-refractivity contribution in [2.45, 2.75) is 20.5 Å². The highest BCUT2D eigenvalue weighted by Gasteiger charge is 2.32. The number of hydrogen-bond donors (Lipinski definition) is 1. The summed E-state index contributed by atoms with van der Waals surface area (Å²) in [5.41, 5.74) is 2.36. The Bertz CT molecular complexity index is 1370. The van der Waals surface area contributed by atoms with Crippen LogP contribution in [0.15, 0.2) is 76.6 Å². The Balaban J connectivity index is 1.57. The molecule has 1 fully saturated rings. The number of hydrogen-bond acceptors (Lipinski definition) is 6. The van der Waals surface area contributed by atoms with E-state index in [-0.39, 0.29) is 11.5 Å². The number of amidine groups is 1. The van der Waals surface area contributed by atoms with Crippen LogP contribution in [0.4, 0.5) is 5.69 Å². The van der Waals surface area contributed by atoms with Crippen LogP contribution in [0.25, 0.3) is 6.08 Å². The predicted octanol–water partition coefficient (Wildman–Crippen LogP) is 6.64. The fourth-order valence-corrected chi connectivity index (χ4v) is 4.77. The van der Waals surface area contributed by atoms with Gasteiger partial charge in [0.25, 0.3) is 5.91 Å². The van der Waals surface area contributed by atoms with E-state index in [0.29, 0.717) is 52.0 Å². The van der Waals surface area contributed by atoms with Crippen LogP contribution in [0.2, 0.25) is 5.02 Å². The lowest BCUT2D eigenvalue weighted by molar-refractivity contribution is -0.122. The molecule has 0 saturated carbocycles. The van der Waals surface area contributed by atoms with E-state index in [0.717, 1.165) is 11.1 Å². The van der Waals surface area contributed by atoms with Crippen LogP contribution in [0.5, 0.6) is 11.5 Å². The van der Waals surface area contributed by atoms with Crippen molar-refractivity contribution in [3.63, 3.8) is 0 Å². The third kappa shape index (κ3) is 6.53. The molecule has 1 aliphatic rings. The van der Waals surface area contributed by atoms with E-state index in [4.69, 9.17) is 21.1 Å². The summed E-state index contributed by atoms with van der Waals surface area (Å²) in [6.07, 6.45) is 1.79. The first-order valence-electron chi connectivity index (χ1n) is 11.7. The Morgan fingerprint density at radius 2 is 1.84 bits per heavy atom. The lowest BCUT2D eigenvalue weighted by atomic mass is 10.1. The molecule has 190 valence electrons. The maximum atomic E-state index is 13.1. The highest BCUT2D eigenvalue weighted by atomic mass is 35.5. The van der Waals surface area contributed by atoms with Crippen molar-refractivity contribution in [2.24, 2.45) is 4.99 Å². The van der Waals surface area contributed by atoms with Crippen LogP contribution in [0, 0.1) is 0 Å². The Morgan fingerprint density at radius 3 is 2.54 bits per heavy atom. The molecule has 0 aliphatic carbocycles. The monoisotopic (exact) mass is 536 g/mol. The highest BCUT2D eigenvalue weighted by Crippen LogP contribution is 2.36. The Hall–Kier alpha value is -3.75. The van der Waals surface area contributed by atoms with Gasteiger partial charge in [-0.1, -0.05) is 35.9 Å². The smallest absolute Gasteiger partial charge is 0.335 e. The SMILES string of the molecule is CCOc1cc(/C=C2\SC(=Nc3cccc(C(=O)O)c3)N(CC)C2=O)ccc1OCc1ccc(Cl)cc1. The first-order valence-corrected chi connectivity index (χ1v) is 12.8. The van der Waals surface area contributed by atoms with Gasteiger partial charge in [-0.25, -0.2) is 9.79 Å². The molecule has 0 aromatic heterocycles. The van der Waals surface area contributed by atoms with Crippen molar-refractivity contribution in [1.29, 1.82) is 0 Å². The molecule has 3 aromatic carbocycles. The van der Waals surface area contributed by atoms with E-state index in [1.54, 1.807) is 23.1 Å². The number of carbonyl (C=O) groups excluding carboxylic acids is 1. The van der Waals surface area contributed by atoms with E-state index in [1.165, 1.54) is 23.9 Å². The zero-order valence-electron chi connectivity index (χ0n) is 20.3. The van der Waals surface area contributed by atoms with Crippen molar-refractivity contribution in [2.75, 3.05) is 13.2 Å². The minimum absolute atomic E-state index is 0.136. The van der Waals surface area contributed by atoms with Crippen LogP contribution in [0.1, 0.15) is 35.3 Å². The number of aliphatic imine (C=N–C) groups is 1. The van der Waals surface area contributed by atoms with Crippen molar-refractivity contribution >= 4 is 52.2 Å². The second-order valence-corrected chi connectivity index (χ2v) is 9.41. The maximum absolute atomic E-state index is 13.1. The van der Waals surface area contributed by atoms with Crippen molar-refractivity contribution in [3.8, 4) is 11.5 Å². The quantitative estimate of drug-likeness (QED) is 0.308. The van der Waals surface area contributed by atoms with Crippen molar-refractivity contribution in [1.82, 2.24) is 4.90 Å². The van der Waals surface area contributed by atoms with Gasteiger partial charge in [0, 0.05) is 11.6 Å². The third-order valence-electron chi connectivity index (χ3n) is 5.40. The molecule has 0 bridgehead atoms. The zero-order valence-corrected chi connectivity index (χ0v) is 21.9. The summed E-state index contributed by atoms with van der Waals surface area (Å²) < 4.78 is 11.8. The number of amides is 1. The van der Waals surface area contributed by atoms with Gasteiger partial charge >= 0.3 is 5.97 Å². The number of nitrogens with zero attached hydrogens (tertiary/aromatic N) is 2. The number of aromatic carboxylic acids is 1. The number of carboxylic acids is 1. The average Bonchev–Trinajstić information content (AvgIpc) is 3.18. The molecule has 1 heterocycles. The van der Waals surface area contributed by atoms with Gasteiger partial charge in [0.05, 0.1) is 22.8 Å². The Kier molecular flexibility index (Phi) is 8.53. The number of carbonyl (C=O) groups is 2. The van der Waals surface area contributed by atoms with Crippen LogP contribution in [-0.2, 0) is 11.4 Å². The van der Waals surface area contributed by atoms with E-state index in [9.17, 15) is 14.7 Å². The molecular weight excluding hydrogens is 512 g/mol. The number of rotatable bonds is 9. The Morgan fingerprint density at radius 1 is 1.05 bits per heavy atom. The molecule has 7 nitrogen and oxygen atoms in total. The van der Waals surface area contributed by atoms with Crippen LogP contribution < -0.4 is 9.47 Å². The molecule has 1 N–H and O–H groups in total. The predicted molar refractivity (Wildman–Crippen MR) is 147 cm³/mol. The van der Waals surface area contributed by atoms with Gasteiger partial charge in [-0.05, 0) is 85.3 Å². The number of carboxylic acid groups (broad SMARTS) is 1. The molecule has 0 radical (unpaired) electrons. The summed E-state index contributed by atoms with van der Waals surface area (Å²) >= 11 is 7.20. The minimum Gasteiger partial charge on any atom is -0.490 e. The summed E-state index contributed by atoms with van der Waals surface area (Å²) in [6.45, 7) is 5.01. The van der Waals surface area contributed by atoms with Gasteiger partial charge in [-0.15, -0.1) is 0 Å². The summed E-state index contributed by atoms with van der Waals surface area (Å²) in [7, 11) is 0. The van der Waals surface area contributed by atoms with E-state index >= 15 is 0 Å². The van der Waals surface area contributed by atoms with Crippen molar-refractivity contribution in [3.05, 3.63) is 93.3 Å². The molecule has 0 unspecified atom stereocenters. The third-order valence-corrected chi connectivity index (χ3v) is 6.65. The summed E-state index contributed by atoms with van der Waals surface area (Å²) in [5.74, 6) is -0.0226. The molecule has 0 spiro atoms. The van der Waals surface area contributed by atoms with Gasteiger partial charge in [0.1, 0.15) is 6.61 Å².